The zero-order chi connectivity index (χ0) is 49.1. The number of nitrogen functional groups attached to an aromatic ring is 1. The van der Waals surface area contributed by atoms with Crippen LogP contribution in [0.25, 0.3) is 11.2 Å². The second kappa shape index (κ2) is 24.0. The predicted molar refractivity (Wildman–Crippen MR) is 248 cm³/mol. The quantitative estimate of drug-likeness (QED) is 0.0375. The van der Waals surface area contributed by atoms with E-state index < -0.39 is 81.9 Å². The van der Waals surface area contributed by atoms with Crippen LogP contribution < -0.4 is 32.2 Å². The van der Waals surface area contributed by atoms with Crippen LogP contribution >= 0.6 is 26.0 Å². The standard InChI is InChI=1S/C42H52N8O17P2S/c43-11-1-13-57-14-15-58-16-17-59-18-19-60-29-8-4-28(5-9-29)41(52)63-30-6-2-27(3-7-30)24-70-69(56)62-23-34-31(20-37(65-34)50-26-47-38-39(44)45-25-46-40(38)50)66-68(54,55)61-22-33-32(67-69)21-36(64-33)49-12-10-35(51)48-42(49)53/h2-10,12,25-26,31-34,36-37H,1,11,13-24,43H2,(H,54,55)(H2,44,45,46)(H,48,51,53)/t31-,32-,33+,34+,36+,37+,69?/m0/s1. The van der Waals surface area contributed by atoms with Crippen molar-refractivity contribution in [3.63, 3.8) is 0 Å². The highest BCUT2D eigenvalue weighted by atomic mass is 32.7. The number of phosphoric ester groups is 1. The van der Waals surface area contributed by atoms with Crippen molar-refractivity contribution in [2.24, 2.45) is 5.73 Å². The molecule has 3 fully saturated rings. The van der Waals surface area contributed by atoms with Crippen LogP contribution in [0.15, 0.2) is 83.0 Å². The normalized spacial score (nSPS) is 26.0. The smallest absolute Gasteiger partial charge is 0.472 e. The summed E-state index contributed by atoms with van der Waals surface area (Å²) in [5.74, 6) is 0.393. The maximum Gasteiger partial charge on any atom is 0.472 e. The third kappa shape index (κ3) is 13.7. The lowest BCUT2D eigenvalue weighted by molar-refractivity contribution is -0.0612. The summed E-state index contributed by atoms with van der Waals surface area (Å²) in [4.78, 5) is 63.1. The van der Waals surface area contributed by atoms with Crippen LogP contribution in [0, 0.1) is 0 Å². The number of nitrogens with two attached hydrogens (primary N) is 2. The lowest BCUT2D eigenvalue weighted by Gasteiger charge is -2.28. The van der Waals surface area contributed by atoms with Crippen molar-refractivity contribution in [3.05, 3.63) is 105 Å². The molecule has 2 unspecified atom stereocenters. The monoisotopic (exact) mass is 1030 g/mol. The molecule has 3 aromatic heterocycles. The molecule has 8 rings (SSSR count). The molecular formula is C42H52N8O17P2S. The summed E-state index contributed by atoms with van der Waals surface area (Å²) < 4.78 is 94.4. The van der Waals surface area contributed by atoms with Crippen molar-refractivity contribution in [2.75, 3.05) is 71.7 Å². The first-order chi connectivity index (χ1) is 33.8. The highest BCUT2D eigenvalue weighted by Crippen LogP contribution is 2.64. The summed E-state index contributed by atoms with van der Waals surface area (Å²) in [5.41, 5.74) is 11.6. The molecule has 2 aromatic carbocycles. The topological polar surface area (TPSA) is 323 Å². The Bertz CT molecular complexity index is 2750. The first-order valence-electron chi connectivity index (χ1n) is 22.1. The number of hydrogen-bond donors (Lipinski definition) is 4. The minimum atomic E-state index is -4.83. The van der Waals surface area contributed by atoms with Gasteiger partial charge in [0.25, 0.3) is 5.56 Å². The summed E-state index contributed by atoms with van der Waals surface area (Å²) >= 11 is 0.835. The Kier molecular flexibility index (Phi) is 17.7. The number of benzene rings is 2. The minimum absolute atomic E-state index is 0.0203. The van der Waals surface area contributed by atoms with Gasteiger partial charge in [-0.3, -0.25) is 37.0 Å². The third-order valence-corrected chi connectivity index (χ3v) is 15.6. The van der Waals surface area contributed by atoms with E-state index in [0.717, 1.165) is 28.4 Å². The molecule has 70 heavy (non-hydrogen) atoms. The van der Waals surface area contributed by atoms with E-state index in [1.54, 1.807) is 53.1 Å². The van der Waals surface area contributed by atoms with Crippen LogP contribution in [0.5, 0.6) is 11.5 Å². The van der Waals surface area contributed by atoms with Gasteiger partial charge in [0.15, 0.2) is 11.5 Å². The number of imidazole rings is 1. The summed E-state index contributed by atoms with van der Waals surface area (Å²) in [6, 6.07) is 14.1. The molecule has 5 aromatic rings. The van der Waals surface area contributed by atoms with E-state index in [2.05, 4.69) is 19.9 Å². The molecule has 0 saturated carbocycles. The molecule has 3 aliphatic rings. The number of fused-ring (bicyclic) bond motifs is 3. The first-order valence-corrected chi connectivity index (χ1v) is 26.7. The van der Waals surface area contributed by atoms with Crippen LogP contribution in [0.2, 0.25) is 0 Å². The molecule has 0 radical (unpaired) electrons. The Hall–Kier alpha value is -4.89. The number of carbonyl (C=O) groups is 1. The van der Waals surface area contributed by atoms with E-state index in [0.29, 0.717) is 80.8 Å². The first kappa shape index (κ1) is 51.5. The number of aromatic nitrogens is 6. The number of hydrogen-bond acceptors (Lipinski definition) is 22. The van der Waals surface area contributed by atoms with Crippen LogP contribution in [0.3, 0.4) is 0 Å². The van der Waals surface area contributed by atoms with E-state index in [9.17, 15) is 28.4 Å². The van der Waals surface area contributed by atoms with Gasteiger partial charge in [0.2, 0.25) is 0 Å². The molecule has 0 spiro atoms. The van der Waals surface area contributed by atoms with Gasteiger partial charge in [-0.25, -0.2) is 33.7 Å². The maximum absolute atomic E-state index is 14.9. The van der Waals surface area contributed by atoms with Gasteiger partial charge in [-0.1, -0.05) is 12.1 Å². The van der Waals surface area contributed by atoms with Crippen LogP contribution in [-0.2, 0) is 56.7 Å². The molecule has 378 valence electrons. The fourth-order valence-electron chi connectivity index (χ4n) is 7.40. The Morgan fingerprint density at radius 1 is 0.786 bits per heavy atom. The molecule has 3 saturated heterocycles. The Balaban J connectivity index is 0.887. The Morgan fingerprint density at radius 3 is 2.13 bits per heavy atom. The molecule has 0 bridgehead atoms. The largest absolute Gasteiger partial charge is 0.491 e. The fourth-order valence-corrected chi connectivity index (χ4v) is 11.8. The number of nitrogens with one attached hydrogen (secondary N) is 1. The molecule has 6 N–H and O–H groups in total. The van der Waals surface area contributed by atoms with Gasteiger partial charge in [0, 0.05) is 37.5 Å². The maximum atomic E-state index is 14.9. The Labute approximate surface area is 403 Å². The van der Waals surface area contributed by atoms with Gasteiger partial charge < -0.3 is 49.5 Å². The average molecular weight is 1030 g/mol. The molecule has 0 amide bonds. The number of anilines is 1. The van der Waals surface area contributed by atoms with Crippen LogP contribution in [0.1, 0.15) is 47.6 Å². The van der Waals surface area contributed by atoms with Crippen molar-refractivity contribution in [1.82, 2.24) is 29.1 Å². The van der Waals surface area contributed by atoms with Crippen LogP contribution in [-0.4, -0.2) is 130 Å². The molecule has 28 heteroatoms. The summed E-state index contributed by atoms with van der Waals surface area (Å²) in [6.07, 6.45) is -1.87. The highest BCUT2D eigenvalue weighted by Gasteiger charge is 2.48. The molecule has 25 nitrogen and oxygen atoms in total. The van der Waals surface area contributed by atoms with E-state index in [4.69, 9.17) is 62.7 Å². The van der Waals surface area contributed by atoms with Crippen molar-refractivity contribution >= 4 is 49.0 Å². The van der Waals surface area contributed by atoms with Gasteiger partial charge in [0.1, 0.15) is 66.8 Å². The lowest BCUT2D eigenvalue weighted by Crippen LogP contribution is -2.32. The van der Waals surface area contributed by atoms with Gasteiger partial charge >= 0.3 is 26.3 Å². The molecule has 8 atom stereocenters. The van der Waals surface area contributed by atoms with Gasteiger partial charge in [-0.05, 0) is 66.3 Å². The average Bonchev–Trinajstić information content (AvgIpc) is 4.07. The van der Waals surface area contributed by atoms with E-state index >= 15 is 0 Å². The number of H-pyrrole nitrogens is 1. The number of nitrogens with zero attached hydrogens (tertiary/aromatic N) is 5. The van der Waals surface area contributed by atoms with Crippen molar-refractivity contribution < 1.29 is 70.1 Å². The summed E-state index contributed by atoms with van der Waals surface area (Å²) in [6.45, 7) is -1.61. The Morgan fingerprint density at radius 2 is 1.43 bits per heavy atom. The zero-order valence-electron chi connectivity index (χ0n) is 37.5. The number of carbonyl (C=O) groups excluding carboxylic acids is 1. The second-order valence-electron chi connectivity index (χ2n) is 15.8. The van der Waals surface area contributed by atoms with Crippen molar-refractivity contribution in [2.45, 2.75) is 61.9 Å². The van der Waals surface area contributed by atoms with Gasteiger partial charge in [-0.15, -0.1) is 0 Å². The number of esters is 1. The summed E-state index contributed by atoms with van der Waals surface area (Å²) in [7, 11) is -4.83. The molecule has 6 heterocycles. The predicted octanol–water partition coefficient (Wildman–Crippen LogP) is 3.49. The minimum Gasteiger partial charge on any atom is -0.491 e. The molecular weight excluding hydrogens is 983 g/mol. The van der Waals surface area contributed by atoms with Gasteiger partial charge in [-0.2, -0.15) is 0 Å². The van der Waals surface area contributed by atoms with Gasteiger partial charge in [0.05, 0.1) is 58.1 Å². The van der Waals surface area contributed by atoms with Crippen molar-refractivity contribution in [1.29, 1.82) is 0 Å². The zero-order valence-corrected chi connectivity index (χ0v) is 40.1. The number of phosphoric acid groups is 1. The van der Waals surface area contributed by atoms with Crippen molar-refractivity contribution in [3.8, 4) is 11.5 Å². The van der Waals surface area contributed by atoms with E-state index in [1.165, 1.54) is 18.9 Å². The molecule has 3 aliphatic heterocycles. The second-order valence-corrected chi connectivity index (χ2v) is 21.2. The SMILES string of the molecule is NCCCOCCOCCOCCOc1ccc(C(=O)Oc2ccc(CSP3(=O)OC[C@H]4O[C@@H](n5cnc6c(N)ncnc65)C[C@@H]4OP(=O)(O)OC[C@H]4O[C@@H](n5ccc(=O)[nH]c5=O)C[C@@H]4O3)cc2)cc1. The fraction of sp³-hybridized carbons (Fsp3) is 0.476. The number of aromatic amines is 1. The lowest BCUT2D eigenvalue weighted by atomic mass is 10.2. The highest BCUT2D eigenvalue weighted by molar-refractivity contribution is 8.54. The molecule has 0 aliphatic carbocycles. The number of rotatable bonds is 20. The number of ether oxygens (including phenoxy) is 7. The summed E-state index contributed by atoms with van der Waals surface area (Å²) in [5, 5.41) is 0. The van der Waals surface area contributed by atoms with E-state index in [1.807, 2.05) is 0 Å². The van der Waals surface area contributed by atoms with Crippen LogP contribution in [0.4, 0.5) is 5.82 Å². The van der Waals surface area contributed by atoms with E-state index in [-0.39, 0.29) is 30.2 Å². The third-order valence-electron chi connectivity index (χ3n) is 10.9.